The number of aromatic nitrogens is 2. The molecule has 0 aliphatic rings. The van der Waals surface area contributed by atoms with Crippen molar-refractivity contribution in [2.45, 2.75) is 13.8 Å². The third-order valence-electron chi connectivity index (χ3n) is 4.17. The maximum atomic E-state index is 12.2. The van der Waals surface area contributed by atoms with Crippen LogP contribution in [0.2, 0.25) is 0 Å². The molecule has 0 atom stereocenters. The molecule has 4 rings (SSSR count). The molecule has 0 bridgehead atoms. The zero-order valence-electron chi connectivity index (χ0n) is 15.2. The van der Waals surface area contributed by atoms with Gasteiger partial charge >= 0.3 is 5.76 Å². The molecule has 1 amide bonds. The van der Waals surface area contributed by atoms with E-state index in [0.717, 1.165) is 16.7 Å². The molecule has 0 fully saturated rings. The molecule has 0 aliphatic carbocycles. The number of aryl methyl sites for hydroxylation is 2. The molecule has 0 saturated carbocycles. The Bertz CT molecular complexity index is 1220. The Labute approximate surface area is 164 Å². The Kier molecular flexibility index (Phi) is 4.70. The summed E-state index contributed by atoms with van der Waals surface area (Å²) in [6.45, 7) is 3.81. The number of ether oxygens (including phenoxy) is 1. The first kappa shape index (κ1) is 18.0. The second-order valence-electron chi connectivity index (χ2n) is 6.37. The van der Waals surface area contributed by atoms with Crippen molar-refractivity contribution in [2.75, 3.05) is 11.9 Å². The number of nitrogens with one attached hydrogen (secondary N) is 2. The lowest BCUT2D eigenvalue weighted by Gasteiger charge is -2.09. The number of aromatic amines is 1. The molecule has 4 aromatic rings. The van der Waals surface area contributed by atoms with Crippen LogP contribution in [0.5, 0.6) is 5.75 Å². The SMILES string of the molecule is Cc1ccc(C)c(OCC(=O)Nc2nc(-c3ccc4oc(=O)[nH]c4c3)cs2)c1. The number of rotatable bonds is 5. The predicted molar refractivity (Wildman–Crippen MR) is 108 cm³/mol. The van der Waals surface area contributed by atoms with Gasteiger partial charge in [0.1, 0.15) is 5.75 Å². The van der Waals surface area contributed by atoms with Crippen LogP contribution in [0.15, 0.2) is 51.0 Å². The van der Waals surface area contributed by atoms with E-state index in [0.29, 0.717) is 27.7 Å². The highest BCUT2D eigenvalue weighted by molar-refractivity contribution is 7.14. The fourth-order valence-corrected chi connectivity index (χ4v) is 3.47. The van der Waals surface area contributed by atoms with Crippen molar-refractivity contribution in [3.05, 3.63) is 63.5 Å². The fraction of sp³-hybridized carbons (Fsp3) is 0.150. The Hall–Kier alpha value is -3.39. The summed E-state index contributed by atoms with van der Waals surface area (Å²) in [7, 11) is 0. The van der Waals surface area contributed by atoms with Crippen LogP contribution >= 0.6 is 11.3 Å². The van der Waals surface area contributed by atoms with Crippen molar-refractivity contribution >= 4 is 33.5 Å². The quantitative estimate of drug-likeness (QED) is 0.534. The van der Waals surface area contributed by atoms with Crippen molar-refractivity contribution < 1.29 is 13.9 Å². The van der Waals surface area contributed by atoms with Gasteiger partial charge < -0.3 is 9.15 Å². The molecule has 0 unspecified atom stereocenters. The normalized spacial score (nSPS) is 10.9. The van der Waals surface area contributed by atoms with Gasteiger partial charge in [0.15, 0.2) is 17.3 Å². The van der Waals surface area contributed by atoms with Crippen LogP contribution in [-0.2, 0) is 4.79 Å². The highest BCUT2D eigenvalue weighted by Crippen LogP contribution is 2.27. The first-order chi connectivity index (χ1) is 13.5. The summed E-state index contributed by atoms with van der Waals surface area (Å²) < 4.78 is 10.6. The number of carbonyl (C=O) groups is 1. The van der Waals surface area contributed by atoms with Gasteiger partial charge in [-0.2, -0.15) is 0 Å². The molecular weight excluding hydrogens is 378 g/mol. The third-order valence-corrected chi connectivity index (χ3v) is 4.93. The average Bonchev–Trinajstić information content (AvgIpc) is 3.27. The summed E-state index contributed by atoms with van der Waals surface area (Å²) in [6, 6.07) is 11.2. The zero-order chi connectivity index (χ0) is 19.7. The van der Waals surface area contributed by atoms with Gasteiger partial charge in [-0.05, 0) is 49.2 Å². The summed E-state index contributed by atoms with van der Waals surface area (Å²) >= 11 is 1.32. The maximum Gasteiger partial charge on any atom is 0.417 e. The van der Waals surface area contributed by atoms with Crippen LogP contribution in [0.4, 0.5) is 5.13 Å². The van der Waals surface area contributed by atoms with Crippen molar-refractivity contribution in [1.29, 1.82) is 0 Å². The number of carbonyl (C=O) groups excluding carboxylic acids is 1. The van der Waals surface area contributed by atoms with E-state index in [4.69, 9.17) is 9.15 Å². The Morgan fingerprint density at radius 2 is 2.11 bits per heavy atom. The minimum absolute atomic E-state index is 0.0958. The van der Waals surface area contributed by atoms with Gasteiger partial charge in [0, 0.05) is 10.9 Å². The van der Waals surface area contributed by atoms with Crippen molar-refractivity contribution in [1.82, 2.24) is 9.97 Å². The zero-order valence-corrected chi connectivity index (χ0v) is 16.1. The Morgan fingerprint density at radius 3 is 2.96 bits per heavy atom. The number of amides is 1. The number of anilines is 1. The Morgan fingerprint density at radius 1 is 1.25 bits per heavy atom. The first-order valence-electron chi connectivity index (χ1n) is 8.56. The van der Waals surface area contributed by atoms with Gasteiger partial charge in [0.25, 0.3) is 5.91 Å². The van der Waals surface area contributed by atoms with E-state index in [2.05, 4.69) is 15.3 Å². The van der Waals surface area contributed by atoms with Gasteiger partial charge in [-0.15, -0.1) is 11.3 Å². The van der Waals surface area contributed by atoms with Crippen LogP contribution in [0.3, 0.4) is 0 Å². The maximum absolute atomic E-state index is 12.2. The van der Waals surface area contributed by atoms with Crippen molar-refractivity contribution in [3.63, 3.8) is 0 Å². The van der Waals surface area contributed by atoms with Gasteiger partial charge in [-0.3, -0.25) is 15.1 Å². The minimum Gasteiger partial charge on any atom is -0.483 e. The topological polar surface area (TPSA) is 97.2 Å². The standard InChI is InChI=1S/C20H17N3O4S/c1-11-3-4-12(2)17(7-11)26-9-18(24)23-19-21-15(10-28-19)13-5-6-16-14(8-13)22-20(25)27-16/h3-8,10H,9H2,1-2H3,(H,22,25)(H,21,23,24). The molecule has 0 aliphatic heterocycles. The summed E-state index contributed by atoms with van der Waals surface area (Å²) in [6.07, 6.45) is 0. The molecule has 142 valence electrons. The van der Waals surface area contributed by atoms with E-state index in [9.17, 15) is 9.59 Å². The molecule has 0 radical (unpaired) electrons. The third kappa shape index (κ3) is 3.81. The number of fused-ring (bicyclic) bond motifs is 1. The van der Waals surface area contributed by atoms with E-state index in [-0.39, 0.29) is 12.5 Å². The number of nitrogens with zero attached hydrogens (tertiary/aromatic N) is 1. The lowest BCUT2D eigenvalue weighted by atomic mass is 10.1. The summed E-state index contributed by atoms with van der Waals surface area (Å²) in [5, 5.41) is 5.06. The fourth-order valence-electron chi connectivity index (χ4n) is 2.74. The lowest BCUT2D eigenvalue weighted by Crippen LogP contribution is -2.20. The highest BCUT2D eigenvalue weighted by Gasteiger charge is 2.11. The number of hydrogen-bond acceptors (Lipinski definition) is 6. The van der Waals surface area contributed by atoms with Gasteiger partial charge in [-0.25, -0.2) is 9.78 Å². The van der Waals surface area contributed by atoms with Crippen LogP contribution in [0, 0.1) is 13.8 Å². The molecule has 8 heteroatoms. The summed E-state index contributed by atoms with van der Waals surface area (Å²) in [5.41, 5.74) is 4.64. The van der Waals surface area contributed by atoms with Crippen LogP contribution in [0.25, 0.3) is 22.4 Å². The van der Waals surface area contributed by atoms with Crippen LogP contribution in [-0.4, -0.2) is 22.5 Å². The molecule has 0 saturated heterocycles. The van der Waals surface area contributed by atoms with Crippen LogP contribution in [0.1, 0.15) is 11.1 Å². The molecular formula is C20H17N3O4S. The summed E-state index contributed by atoms with van der Waals surface area (Å²) in [5.74, 6) is -0.0870. The van der Waals surface area contributed by atoms with Crippen molar-refractivity contribution in [2.24, 2.45) is 0 Å². The van der Waals surface area contributed by atoms with E-state index in [1.54, 1.807) is 12.1 Å². The number of H-pyrrole nitrogens is 1. The smallest absolute Gasteiger partial charge is 0.417 e. The lowest BCUT2D eigenvalue weighted by molar-refractivity contribution is -0.118. The average molecular weight is 395 g/mol. The van der Waals surface area contributed by atoms with E-state index >= 15 is 0 Å². The first-order valence-corrected chi connectivity index (χ1v) is 9.44. The van der Waals surface area contributed by atoms with Gasteiger partial charge in [-0.1, -0.05) is 12.1 Å². The van der Waals surface area contributed by atoms with E-state index in [1.165, 1.54) is 11.3 Å². The van der Waals surface area contributed by atoms with E-state index < -0.39 is 5.76 Å². The number of hydrogen-bond donors (Lipinski definition) is 2. The molecule has 0 spiro atoms. The van der Waals surface area contributed by atoms with Gasteiger partial charge in [0.2, 0.25) is 0 Å². The minimum atomic E-state index is -0.498. The second-order valence-corrected chi connectivity index (χ2v) is 7.23. The van der Waals surface area contributed by atoms with Gasteiger partial charge in [0.05, 0.1) is 11.2 Å². The molecule has 28 heavy (non-hydrogen) atoms. The molecule has 2 aromatic carbocycles. The van der Waals surface area contributed by atoms with Crippen LogP contribution < -0.4 is 15.8 Å². The monoisotopic (exact) mass is 395 g/mol. The molecule has 7 nitrogen and oxygen atoms in total. The molecule has 2 N–H and O–H groups in total. The highest BCUT2D eigenvalue weighted by atomic mass is 32.1. The number of thiazole rings is 1. The molecule has 2 aromatic heterocycles. The number of benzene rings is 2. The number of oxazole rings is 1. The van der Waals surface area contributed by atoms with Crippen molar-refractivity contribution in [3.8, 4) is 17.0 Å². The largest absolute Gasteiger partial charge is 0.483 e. The molecule has 2 heterocycles. The van der Waals surface area contributed by atoms with E-state index in [1.807, 2.05) is 43.5 Å². The summed E-state index contributed by atoms with van der Waals surface area (Å²) in [4.78, 5) is 30.5. The second kappa shape index (κ2) is 7.32. The predicted octanol–water partition coefficient (Wildman–Crippen LogP) is 3.88. The Balaban J connectivity index is 1.43.